The van der Waals surface area contributed by atoms with Crippen LogP contribution in [0.3, 0.4) is 0 Å². The van der Waals surface area contributed by atoms with Gasteiger partial charge in [-0.1, -0.05) is 23.7 Å². The van der Waals surface area contributed by atoms with Gasteiger partial charge in [-0.25, -0.2) is 0 Å². The lowest BCUT2D eigenvalue weighted by atomic mass is 10.0. The quantitative estimate of drug-likeness (QED) is 0.909. The number of rotatable bonds is 4. The number of carbonyl (C=O) groups is 1. The van der Waals surface area contributed by atoms with Crippen LogP contribution in [-0.2, 0) is 4.79 Å². The monoisotopic (exact) mass is 266 g/mol. The Morgan fingerprint density at radius 2 is 2.17 bits per heavy atom. The summed E-state index contributed by atoms with van der Waals surface area (Å²) in [4.78, 5) is 13.9. The number of carbonyl (C=O) groups excluding carboxylic acids is 1. The number of likely N-dealkylation sites (tertiary alicyclic amines) is 1. The highest BCUT2D eigenvalue weighted by molar-refractivity contribution is 6.30. The van der Waals surface area contributed by atoms with Crippen LogP contribution in [0, 0.1) is 0 Å². The fourth-order valence-electron chi connectivity index (χ4n) is 2.52. The van der Waals surface area contributed by atoms with Gasteiger partial charge in [-0.15, -0.1) is 0 Å². The maximum absolute atomic E-state index is 11.7. The number of halogens is 1. The van der Waals surface area contributed by atoms with Crippen LogP contribution in [0.5, 0.6) is 0 Å². The van der Waals surface area contributed by atoms with Gasteiger partial charge in [0.25, 0.3) is 0 Å². The molecule has 0 saturated carbocycles. The number of hydrogen-bond donors (Lipinski definition) is 1. The molecule has 3 nitrogen and oxygen atoms in total. The van der Waals surface area contributed by atoms with E-state index in [-0.39, 0.29) is 5.91 Å². The Kier molecular flexibility index (Phi) is 4.61. The molecule has 18 heavy (non-hydrogen) atoms. The summed E-state index contributed by atoms with van der Waals surface area (Å²) in [6, 6.07) is 8.30. The molecule has 0 aliphatic carbocycles. The molecule has 1 heterocycles. The van der Waals surface area contributed by atoms with Crippen molar-refractivity contribution in [2.45, 2.75) is 25.8 Å². The van der Waals surface area contributed by atoms with E-state index in [1.165, 1.54) is 5.56 Å². The minimum atomic E-state index is 0.110. The van der Waals surface area contributed by atoms with Gasteiger partial charge in [0.05, 0.1) is 6.54 Å². The lowest BCUT2D eigenvalue weighted by Gasteiger charge is -2.24. The highest BCUT2D eigenvalue weighted by atomic mass is 35.5. The van der Waals surface area contributed by atoms with E-state index in [9.17, 15) is 4.79 Å². The average Bonchev–Trinajstić information content (AvgIpc) is 2.78. The summed E-state index contributed by atoms with van der Waals surface area (Å²) >= 11 is 5.90. The van der Waals surface area contributed by atoms with Gasteiger partial charge in [0.2, 0.25) is 5.91 Å². The van der Waals surface area contributed by atoms with Crippen LogP contribution in [0.4, 0.5) is 0 Å². The van der Waals surface area contributed by atoms with Gasteiger partial charge < -0.3 is 5.32 Å². The number of hydrogen-bond acceptors (Lipinski definition) is 2. The van der Waals surface area contributed by atoms with Crippen LogP contribution in [0.2, 0.25) is 5.02 Å². The van der Waals surface area contributed by atoms with Gasteiger partial charge in [-0.2, -0.15) is 0 Å². The first-order valence-corrected chi connectivity index (χ1v) is 6.84. The second-order valence-corrected chi connectivity index (χ2v) is 5.07. The zero-order valence-electron chi connectivity index (χ0n) is 10.7. The summed E-state index contributed by atoms with van der Waals surface area (Å²) in [7, 11) is 0. The molecular weight excluding hydrogens is 248 g/mol. The molecule has 0 bridgehead atoms. The van der Waals surface area contributed by atoms with E-state index in [1.807, 2.05) is 19.1 Å². The zero-order valence-corrected chi connectivity index (χ0v) is 11.4. The minimum absolute atomic E-state index is 0.110. The molecule has 1 aliphatic heterocycles. The third kappa shape index (κ3) is 3.24. The van der Waals surface area contributed by atoms with Gasteiger partial charge in [0.15, 0.2) is 0 Å². The number of amides is 1. The van der Waals surface area contributed by atoms with E-state index in [0.717, 1.165) is 24.4 Å². The summed E-state index contributed by atoms with van der Waals surface area (Å²) in [5.41, 5.74) is 1.25. The van der Waals surface area contributed by atoms with E-state index in [1.54, 1.807) is 0 Å². The lowest BCUT2D eigenvalue weighted by Crippen LogP contribution is -2.36. The Morgan fingerprint density at radius 1 is 1.44 bits per heavy atom. The maximum atomic E-state index is 11.7. The van der Waals surface area contributed by atoms with Crippen LogP contribution in [0.15, 0.2) is 24.3 Å². The maximum Gasteiger partial charge on any atom is 0.234 e. The number of nitrogens with zero attached hydrogens (tertiary/aromatic N) is 1. The fourth-order valence-corrected chi connectivity index (χ4v) is 2.64. The van der Waals surface area contributed by atoms with Crippen LogP contribution in [0.25, 0.3) is 0 Å². The first-order chi connectivity index (χ1) is 8.70. The topological polar surface area (TPSA) is 32.3 Å². The molecule has 1 unspecified atom stereocenters. The number of benzene rings is 1. The molecule has 1 N–H and O–H groups in total. The van der Waals surface area contributed by atoms with E-state index < -0.39 is 0 Å². The van der Waals surface area contributed by atoms with Gasteiger partial charge in [0.1, 0.15) is 0 Å². The van der Waals surface area contributed by atoms with Crippen LogP contribution >= 0.6 is 11.6 Å². The smallest absolute Gasteiger partial charge is 0.234 e. The normalized spacial score (nSPS) is 20.0. The second-order valence-electron chi connectivity index (χ2n) is 4.63. The Balaban J connectivity index is 2.03. The Labute approximate surface area is 113 Å². The van der Waals surface area contributed by atoms with Crippen molar-refractivity contribution in [3.05, 3.63) is 34.9 Å². The van der Waals surface area contributed by atoms with E-state index in [2.05, 4.69) is 22.3 Å². The van der Waals surface area contributed by atoms with Crippen LogP contribution in [-0.4, -0.2) is 30.4 Å². The molecular formula is C14H19ClN2O. The molecule has 98 valence electrons. The molecule has 1 aliphatic rings. The van der Waals surface area contributed by atoms with Crippen molar-refractivity contribution in [1.29, 1.82) is 0 Å². The summed E-state index contributed by atoms with van der Waals surface area (Å²) in [6.07, 6.45) is 2.26. The van der Waals surface area contributed by atoms with Crippen molar-refractivity contribution in [3.63, 3.8) is 0 Å². The molecule has 1 aromatic carbocycles. The van der Waals surface area contributed by atoms with Gasteiger partial charge in [-0.05, 0) is 44.0 Å². The molecule has 1 fully saturated rings. The van der Waals surface area contributed by atoms with Crippen LogP contribution < -0.4 is 5.32 Å². The molecule has 1 aromatic rings. The Bertz CT molecular complexity index is 405. The molecule has 0 aromatic heterocycles. The highest BCUT2D eigenvalue weighted by Gasteiger charge is 2.27. The van der Waals surface area contributed by atoms with Gasteiger partial charge in [-0.3, -0.25) is 9.69 Å². The predicted molar refractivity (Wildman–Crippen MR) is 73.7 cm³/mol. The van der Waals surface area contributed by atoms with Crippen molar-refractivity contribution < 1.29 is 4.79 Å². The summed E-state index contributed by atoms with van der Waals surface area (Å²) in [5.74, 6) is 0.110. The molecule has 1 atom stereocenters. The zero-order chi connectivity index (χ0) is 13.0. The number of likely N-dealkylation sites (N-methyl/N-ethyl adjacent to an activating group) is 1. The molecule has 1 amide bonds. The van der Waals surface area contributed by atoms with E-state index >= 15 is 0 Å². The molecule has 4 heteroatoms. The highest BCUT2D eigenvalue weighted by Crippen LogP contribution is 2.31. The van der Waals surface area contributed by atoms with Crippen molar-refractivity contribution in [1.82, 2.24) is 10.2 Å². The van der Waals surface area contributed by atoms with Crippen molar-refractivity contribution in [2.75, 3.05) is 19.6 Å². The van der Waals surface area contributed by atoms with Gasteiger partial charge >= 0.3 is 0 Å². The molecule has 2 rings (SSSR count). The molecule has 0 radical (unpaired) electrons. The van der Waals surface area contributed by atoms with Crippen molar-refractivity contribution >= 4 is 17.5 Å². The number of nitrogens with one attached hydrogen (secondary N) is 1. The third-order valence-electron chi connectivity index (χ3n) is 3.34. The average molecular weight is 267 g/mol. The first kappa shape index (κ1) is 13.4. The minimum Gasteiger partial charge on any atom is -0.355 e. The lowest BCUT2D eigenvalue weighted by molar-refractivity contribution is -0.122. The van der Waals surface area contributed by atoms with Gasteiger partial charge in [0, 0.05) is 17.6 Å². The Morgan fingerprint density at radius 3 is 2.83 bits per heavy atom. The van der Waals surface area contributed by atoms with Crippen molar-refractivity contribution in [2.24, 2.45) is 0 Å². The first-order valence-electron chi connectivity index (χ1n) is 6.47. The summed E-state index contributed by atoms with van der Waals surface area (Å²) in [5, 5.41) is 3.61. The molecule has 0 spiro atoms. The van der Waals surface area contributed by atoms with E-state index in [4.69, 9.17) is 11.6 Å². The largest absolute Gasteiger partial charge is 0.355 e. The van der Waals surface area contributed by atoms with Crippen LogP contribution in [0.1, 0.15) is 31.4 Å². The second kappa shape index (κ2) is 6.21. The fraction of sp³-hybridized carbons (Fsp3) is 0.500. The van der Waals surface area contributed by atoms with Crippen molar-refractivity contribution in [3.8, 4) is 0 Å². The molecule has 1 saturated heterocycles. The summed E-state index contributed by atoms with van der Waals surface area (Å²) < 4.78 is 0. The third-order valence-corrected chi connectivity index (χ3v) is 3.59. The van der Waals surface area contributed by atoms with E-state index in [0.29, 0.717) is 19.1 Å². The Hall–Kier alpha value is -1.06. The standard InChI is InChI=1S/C14H19ClN2O/c1-2-16-14(18)10-17-9-3-4-13(17)11-5-7-12(15)8-6-11/h5-8,13H,2-4,9-10H2,1H3,(H,16,18). The summed E-state index contributed by atoms with van der Waals surface area (Å²) in [6.45, 7) is 4.11. The predicted octanol–water partition coefficient (Wildman–Crippen LogP) is 2.61. The SMILES string of the molecule is CCNC(=O)CN1CCCC1c1ccc(Cl)cc1.